The van der Waals surface area contributed by atoms with E-state index in [2.05, 4.69) is 50.9 Å². The van der Waals surface area contributed by atoms with Crippen molar-refractivity contribution in [3.8, 4) is 0 Å². The minimum atomic E-state index is -3.06. The molecule has 8 heteroatoms. The molecular formula is C21H35N5O2S. The molecule has 0 aromatic heterocycles. The lowest BCUT2D eigenvalue weighted by atomic mass is 9.98. The van der Waals surface area contributed by atoms with Crippen LogP contribution in [0, 0.1) is 5.92 Å². The fourth-order valence-electron chi connectivity index (χ4n) is 4.23. The van der Waals surface area contributed by atoms with Gasteiger partial charge < -0.3 is 10.6 Å². The Hall–Kier alpha value is -1.64. The first kappa shape index (κ1) is 22.1. The van der Waals surface area contributed by atoms with Gasteiger partial charge in [0.05, 0.1) is 6.26 Å². The quantitative estimate of drug-likeness (QED) is 0.538. The summed E-state index contributed by atoms with van der Waals surface area (Å²) in [6, 6.07) is 11.0. The molecule has 1 aromatic rings. The van der Waals surface area contributed by atoms with Crippen LogP contribution in [0.1, 0.15) is 31.2 Å². The predicted molar refractivity (Wildman–Crippen MR) is 118 cm³/mol. The van der Waals surface area contributed by atoms with Gasteiger partial charge in [-0.1, -0.05) is 30.3 Å². The number of aliphatic imine (C=N–C) groups is 1. The van der Waals surface area contributed by atoms with E-state index in [1.807, 2.05) is 7.05 Å². The molecule has 0 spiro atoms. The molecule has 1 unspecified atom stereocenters. The van der Waals surface area contributed by atoms with Crippen LogP contribution >= 0.6 is 0 Å². The highest BCUT2D eigenvalue weighted by atomic mass is 32.2. The van der Waals surface area contributed by atoms with Crippen molar-refractivity contribution in [3.63, 3.8) is 0 Å². The third-order valence-corrected chi connectivity index (χ3v) is 7.22. The summed E-state index contributed by atoms with van der Waals surface area (Å²) in [7, 11) is -1.25. The van der Waals surface area contributed by atoms with Gasteiger partial charge in [0.25, 0.3) is 0 Å². The zero-order valence-electron chi connectivity index (χ0n) is 17.7. The summed E-state index contributed by atoms with van der Waals surface area (Å²) in [5, 5.41) is 7.04. The Morgan fingerprint density at radius 2 is 1.86 bits per heavy atom. The SMILES string of the molecule is CN=C(NCC1CCN(S(C)(=O)=O)CC1)NC1CCCN(Cc2ccccc2)C1. The van der Waals surface area contributed by atoms with Gasteiger partial charge in [0, 0.05) is 45.8 Å². The third-order valence-electron chi connectivity index (χ3n) is 5.92. The van der Waals surface area contributed by atoms with Gasteiger partial charge in [-0.2, -0.15) is 0 Å². The summed E-state index contributed by atoms with van der Waals surface area (Å²) in [4.78, 5) is 6.90. The Morgan fingerprint density at radius 3 is 2.52 bits per heavy atom. The molecule has 0 amide bonds. The molecule has 29 heavy (non-hydrogen) atoms. The van der Waals surface area contributed by atoms with E-state index in [1.165, 1.54) is 18.2 Å². The lowest BCUT2D eigenvalue weighted by Crippen LogP contribution is -2.52. The maximum atomic E-state index is 11.6. The predicted octanol–water partition coefficient (Wildman–Crippen LogP) is 1.49. The number of sulfonamides is 1. The number of piperidine rings is 2. The highest BCUT2D eigenvalue weighted by molar-refractivity contribution is 7.88. The van der Waals surface area contributed by atoms with E-state index in [0.717, 1.165) is 51.4 Å². The van der Waals surface area contributed by atoms with Gasteiger partial charge in [0.1, 0.15) is 0 Å². The molecular weight excluding hydrogens is 386 g/mol. The molecule has 0 saturated carbocycles. The topological polar surface area (TPSA) is 77.0 Å². The van der Waals surface area contributed by atoms with E-state index in [9.17, 15) is 8.42 Å². The second-order valence-electron chi connectivity index (χ2n) is 8.26. The fraction of sp³-hybridized carbons (Fsp3) is 0.667. The molecule has 2 aliphatic rings. The molecule has 1 atom stereocenters. The van der Waals surface area contributed by atoms with Crippen molar-refractivity contribution in [2.45, 2.75) is 38.3 Å². The monoisotopic (exact) mass is 421 g/mol. The van der Waals surface area contributed by atoms with Crippen molar-refractivity contribution in [3.05, 3.63) is 35.9 Å². The molecule has 162 valence electrons. The van der Waals surface area contributed by atoms with Crippen molar-refractivity contribution in [1.29, 1.82) is 0 Å². The number of hydrogen-bond acceptors (Lipinski definition) is 4. The second kappa shape index (κ2) is 10.4. The third kappa shape index (κ3) is 6.97. The van der Waals surface area contributed by atoms with Crippen LogP contribution in [-0.2, 0) is 16.6 Å². The first-order chi connectivity index (χ1) is 13.9. The molecule has 1 aromatic carbocycles. The molecule has 2 aliphatic heterocycles. The Balaban J connectivity index is 1.42. The number of nitrogens with one attached hydrogen (secondary N) is 2. The van der Waals surface area contributed by atoms with Crippen molar-refractivity contribution in [1.82, 2.24) is 19.8 Å². The van der Waals surface area contributed by atoms with Gasteiger partial charge in [-0.25, -0.2) is 12.7 Å². The normalized spacial score (nSPS) is 23.1. The van der Waals surface area contributed by atoms with Crippen LogP contribution in [0.15, 0.2) is 35.3 Å². The lowest BCUT2D eigenvalue weighted by molar-refractivity contribution is 0.192. The van der Waals surface area contributed by atoms with E-state index >= 15 is 0 Å². The molecule has 0 radical (unpaired) electrons. The average Bonchev–Trinajstić information content (AvgIpc) is 2.72. The number of nitrogens with zero attached hydrogens (tertiary/aromatic N) is 3. The first-order valence-corrected chi connectivity index (χ1v) is 12.5. The van der Waals surface area contributed by atoms with Crippen molar-refractivity contribution >= 4 is 16.0 Å². The molecule has 7 nitrogen and oxygen atoms in total. The van der Waals surface area contributed by atoms with E-state index in [0.29, 0.717) is 25.0 Å². The summed E-state index contributed by atoms with van der Waals surface area (Å²) in [5.41, 5.74) is 1.36. The van der Waals surface area contributed by atoms with Gasteiger partial charge >= 0.3 is 0 Å². The molecule has 0 bridgehead atoms. The maximum Gasteiger partial charge on any atom is 0.211 e. The summed E-state index contributed by atoms with van der Waals surface area (Å²) >= 11 is 0. The van der Waals surface area contributed by atoms with Gasteiger partial charge in [-0.15, -0.1) is 0 Å². The van der Waals surface area contributed by atoms with Crippen LogP contribution in [0.25, 0.3) is 0 Å². The van der Waals surface area contributed by atoms with E-state index in [4.69, 9.17) is 0 Å². The molecule has 2 saturated heterocycles. The second-order valence-corrected chi connectivity index (χ2v) is 10.2. The van der Waals surface area contributed by atoms with Gasteiger partial charge in [-0.3, -0.25) is 9.89 Å². The van der Waals surface area contributed by atoms with Crippen LogP contribution in [-0.4, -0.2) is 75.7 Å². The maximum absolute atomic E-state index is 11.6. The van der Waals surface area contributed by atoms with Crippen LogP contribution in [0.5, 0.6) is 0 Å². The number of likely N-dealkylation sites (tertiary alicyclic amines) is 1. The number of guanidine groups is 1. The van der Waals surface area contributed by atoms with E-state index in [-0.39, 0.29) is 0 Å². The number of benzene rings is 1. The summed E-state index contributed by atoms with van der Waals surface area (Å²) in [5.74, 6) is 1.33. The highest BCUT2D eigenvalue weighted by Gasteiger charge is 2.25. The largest absolute Gasteiger partial charge is 0.356 e. The highest BCUT2D eigenvalue weighted by Crippen LogP contribution is 2.18. The number of hydrogen-bond donors (Lipinski definition) is 2. The van der Waals surface area contributed by atoms with Gasteiger partial charge in [-0.05, 0) is 43.7 Å². The van der Waals surface area contributed by atoms with Gasteiger partial charge in [0.2, 0.25) is 10.0 Å². The Kier molecular flexibility index (Phi) is 7.91. The Labute approximate surface area is 175 Å². The Bertz CT molecular complexity index is 761. The van der Waals surface area contributed by atoms with Crippen LogP contribution in [0.2, 0.25) is 0 Å². The molecule has 2 fully saturated rings. The van der Waals surface area contributed by atoms with Crippen molar-refractivity contribution in [2.75, 3.05) is 46.0 Å². The minimum absolute atomic E-state index is 0.394. The molecule has 0 aliphatic carbocycles. The van der Waals surface area contributed by atoms with Crippen molar-refractivity contribution < 1.29 is 8.42 Å². The van der Waals surface area contributed by atoms with E-state index in [1.54, 1.807) is 4.31 Å². The number of rotatable bonds is 6. The molecule has 2 heterocycles. The Morgan fingerprint density at radius 1 is 1.14 bits per heavy atom. The fourth-order valence-corrected chi connectivity index (χ4v) is 5.11. The summed E-state index contributed by atoms with van der Waals surface area (Å²) < 4.78 is 24.9. The standard InChI is InChI=1S/C21H35N5O2S/c1-22-21(23-15-18-10-13-26(14-11-18)29(2,27)28)24-20-9-6-12-25(17-20)16-19-7-4-3-5-8-19/h3-5,7-8,18,20H,6,9-17H2,1-2H3,(H2,22,23,24). The van der Waals surface area contributed by atoms with Crippen LogP contribution in [0.3, 0.4) is 0 Å². The summed E-state index contributed by atoms with van der Waals surface area (Å²) in [6.45, 7) is 5.21. The van der Waals surface area contributed by atoms with Gasteiger partial charge in [0.15, 0.2) is 5.96 Å². The van der Waals surface area contributed by atoms with Crippen LogP contribution < -0.4 is 10.6 Å². The average molecular weight is 422 g/mol. The molecule has 2 N–H and O–H groups in total. The zero-order chi connectivity index (χ0) is 20.7. The zero-order valence-corrected chi connectivity index (χ0v) is 18.5. The van der Waals surface area contributed by atoms with Crippen molar-refractivity contribution in [2.24, 2.45) is 10.9 Å². The van der Waals surface area contributed by atoms with E-state index < -0.39 is 10.0 Å². The minimum Gasteiger partial charge on any atom is -0.356 e. The lowest BCUT2D eigenvalue weighted by Gasteiger charge is -2.34. The van der Waals surface area contributed by atoms with Crippen LogP contribution in [0.4, 0.5) is 0 Å². The first-order valence-electron chi connectivity index (χ1n) is 10.6. The molecule has 3 rings (SSSR count). The summed E-state index contributed by atoms with van der Waals surface area (Å²) in [6.07, 6.45) is 5.42. The smallest absolute Gasteiger partial charge is 0.211 e.